The zero-order valence-electron chi connectivity index (χ0n) is 11.9. The van der Waals surface area contributed by atoms with Crippen LogP contribution >= 0.6 is 0 Å². The van der Waals surface area contributed by atoms with Gasteiger partial charge in [0.15, 0.2) is 0 Å². The van der Waals surface area contributed by atoms with Crippen LogP contribution in [-0.2, 0) is 6.54 Å². The van der Waals surface area contributed by atoms with E-state index >= 15 is 0 Å². The highest BCUT2D eigenvalue weighted by Gasteiger charge is 2.28. The normalized spacial score (nSPS) is 18.7. The summed E-state index contributed by atoms with van der Waals surface area (Å²) in [5, 5.41) is 12.7. The summed E-state index contributed by atoms with van der Waals surface area (Å²) in [7, 11) is 0. The van der Waals surface area contributed by atoms with Crippen molar-refractivity contribution in [1.82, 2.24) is 10.2 Å². The van der Waals surface area contributed by atoms with E-state index in [0.29, 0.717) is 5.41 Å². The molecule has 0 bridgehead atoms. The van der Waals surface area contributed by atoms with Crippen LogP contribution in [0.4, 0.5) is 0 Å². The molecule has 0 aromatic heterocycles. The molecule has 0 saturated carbocycles. The maximum absolute atomic E-state index is 9.27. The summed E-state index contributed by atoms with van der Waals surface area (Å²) >= 11 is 0. The van der Waals surface area contributed by atoms with Crippen molar-refractivity contribution in [2.75, 3.05) is 32.8 Å². The van der Waals surface area contributed by atoms with E-state index < -0.39 is 0 Å². The summed E-state index contributed by atoms with van der Waals surface area (Å²) in [6.45, 7) is 7.63. The summed E-state index contributed by atoms with van der Waals surface area (Å²) in [6, 6.07) is 10.5. The molecule has 3 heteroatoms. The minimum Gasteiger partial charge on any atom is -0.395 e. The molecule has 0 radical (unpaired) electrons. The van der Waals surface area contributed by atoms with Crippen molar-refractivity contribution in [2.45, 2.75) is 26.3 Å². The minimum atomic E-state index is 0.237. The van der Waals surface area contributed by atoms with Gasteiger partial charge in [0, 0.05) is 19.6 Å². The predicted molar refractivity (Wildman–Crippen MR) is 79.0 cm³/mol. The molecule has 2 rings (SSSR count). The Balaban J connectivity index is 1.95. The van der Waals surface area contributed by atoms with Crippen LogP contribution in [0, 0.1) is 5.41 Å². The van der Waals surface area contributed by atoms with Crippen LogP contribution in [0.2, 0.25) is 0 Å². The summed E-state index contributed by atoms with van der Waals surface area (Å²) in [5.74, 6) is 0. The minimum absolute atomic E-state index is 0.237. The highest BCUT2D eigenvalue weighted by atomic mass is 16.3. The molecule has 0 amide bonds. The molecule has 1 aromatic rings. The van der Waals surface area contributed by atoms with E-state index in [0.717, 1.165) is 32.7 Å². The summed E-state index contributed by atoms with van der Waals surface area (Å²) in [4.78, 5) is 2.39. The van der Waals surface area contributed by atoms with Crippen LogP contribution < -0.4 is 5.32 Å². The zero-order chi connectivity index (χ0) is 13.6. The largest absolute Gasteiger partial charge is 0.395 e. The van der Waals surface area contributed by atoms with Crippen LogP contribution in [0.3, 0.4) is 0 Å². The lowest BCUT2D eigenvalue weighted by Crippen LogP contribution is -2.43. The maximum atomic E-state index is 9.27. The summed E-state index contributed by atoms with van der Waals surface area (Å²) < 4.78 is 0. The van der Waals surface area contributed by atoms with E-state index in [2.05, 4.69) is 41.4 Å². The third-order valence-electron chi connectivity index (χ3n) is 4.08. The fraction of sp³-hybridized carbons (Fsp3) is 0.625. The molecule has 1 aliphatic heterocycles. The number of nitrogens with zero attached hydrogens (tertiary/aromatic N) is 1. The van der Waals surface area contributed by atoms with Crippen LogP contribution in [0.1, 0.15) is 25.3 Å². The molecule has 3 nitrogen and oxygen atoms in total. The first kappa shape index (κ1) is 14.5. The molecule has 1 aliphatic rings. The smallest absolute Gasteiger partial charge is 0.0558 e. The van der Waals surface area contributed by atoms with Crippen molar-refractivity contribution in [3.8, 4) is 0 Å². The quantitative estimate of drug-likeness (QED) is 0.821. The molecule has 19 heavy (non-hydrogen) atoms. The Morgan fingerprint density at radius 3 is 2.53 bits per heavy atom. The number of benzene rings is 1. The Morgan fingerprint density at radius 2 is 1.89 bits per heavy atom. The molecule has 0 aliphatic carbocycles. The lowest BCUT2D eigenvalue weighted by Gasteiger charge is -2.38. The second-order valence-electron chi connectivity index (χ2n) is 5.98. The van der Waals surface area contributed by atoms with Gasteiger partial charge in [0.1, 0.15) is 0 Å². The van der Waals surface area contributed by atoms with E-state index in [1.54, 1.807) is 0 Å². The van der Waals surface area contributed by atoms with Crippen LogP contribution in [0.25, 0.3) is 0 Å². The van der Waals surface area contributed by atoms with E-state index in [1.807, 2.05) is 6.07 Å². The Labute approximate surface area is 116 Å². The predicted octanol–water partition coefficient (Wildman–Crippen LogP) is 1.87. The van der Waals surface area contributed by atoms with E-state index in [4.69, 9.17) is 0 Å². The van der Waals surface area contributed by atoms with Gasteiger partial charge in [-0.05, 0) is 36.9 Å². The number of rotatable bonds is 6. The van der Waals surface area contributed by atoms with E-state index in [1.165, 1.54) is 18.4 Å². The molecule has 0 atom stereocenters. The summed E-state index contributed by atoms with van der Waals surface area (Å²) in [5.41, 5.74) is 1.71. The van der Waals surface area contributed by atoms with Gasteiger partial charge in [-0.1, -0.05) is 37.3 Å². The van der Waals surface area contributed by atoms with E-state index in [-0.39, 0.29) is 6.61 Å². The molecule has 2 N–H and O–H groups in total. The van der Waals surface area contributed by atoms with Crippen LogP contribution in [0.15, 0.2) is 30.3 Å². The summed E-state index contributed by atoms with van der Waals surface area (Å²) in [6.07, 6.45) is 2.45. The van der Waals surface area contributed by atoms with Gasteiger partial charge in [-0.3, -0.25) is 4.90 Å². The van der Waals surface area contributed by atoms with Gasteiger partial charge in [-0.2, -0.15) is 0 Å². The third-order valence-corrected chi connectivity index (χ3v) is 4.08. The number of aliphatic hydroxyl groups excluding tert-OH is 1. The molecule has 0 unspecified atom stereocenters. The molecule has 1 heterocycles. The first-order valence-corrected chi connectivity index (χ1v) is 7.30. The Kier molecular flexibility index (Phi) is 5.37. The Morgan fingerprint density at radius 1 is 1.21 bits per heavy atom. The molecular formula is C16H26N2O. The van der Waals surface area contributed by atoms with E-state index in [9.17, 15) is 5.11 Å². The van der Waals surface area contributed by atoms with Crippen molar-refractivity contribution >= 4 is 0 Å². The standard InChI is InChI=1S/C16H26N2O/c1-16(7-9-17-10-8-16)14-18(11-12-19)13-15-5-3-2-4-6-15/h2-6,17,19H,7-14H2,1H3. The Bertz CT molecular complexity index is 360. The Hall–Kier alpha value is -0.900. The first-order chi connectivity index (χ1) is 9.22. The van der Waals surface area contributed by atoms with Crippen molar-refractivity contribution in [3.63, 3.8) is 0 Å². The van der Waals surface area contributed by atoms with Gasteiger partial charge >= 0.3 is 0 Å². The topological polar surface area (TPSA) is 35.5 Å². The van der Waals surface area contributed by atoms with Crippen molar-refractivity contribution in [2.24, 2.45) is 5.41 Å². The molecule has 106 valence electrons. The number of hydrogen-bond acceptors (Lipinski definition) is 3. The second kappa shape index (κ2) is 7.04. The van der Waals surface area contributed by atoms with Gasteiger partial charge in [-0.25, -0.2) is 0 Å². The van der Waals surface area contributed by atoms with Gasteiger partial charge < -0.3 is 10.4 Å². The number of aliphatic hydroxyl groups is 1. The van der Waals surface area contributed by atoms with Crippen molar-refractivity contribution < 1.29 is 5.11 Å². The lowest BCUT2D eigenvalue weighted by molar-refractivity contribution is 0.104. The molecule has 1 aromatic carbocycles. The number of nitrogens with one attached hydrogen (secondary N) is 1. The lowest BCUT2D eigenvalue weighted by atomic mass is 9.80. The molecule has 1 saturated heterocycles. The van der Waals surface area contributed by atoms with Gasteiger partial charge in [0.05, 0.1) is 6.61 Å². The number of hydrogen-bond donors (Lipinski definition) is 2. The van der Waals surface area contributed by atoms with Crippen molar-refractivity contribution in [3.05, 3.63) is 35.9 Å². The van der Waals surface area contributed by atoms with Crippen LogP contribution in [0.5, 0.6) is 0 Å². The SMILES string of the molecule is CC1(CN(CCO)Cc2ccccc2)CCNCC1. The third kappa shape index (κ3) is 4.60. The molecular weight excluding hydrogens is 236 g/mol. The van der Waals surface area contributed by atoms with Gasteiger partial charge in [0.2, 0.25) is 0 Å². The average Bonchev–Trinajstić information content (AvgIpc) is 2.40. The fourth-order valence-electron chi connectivity index (χ4n) is 2.93. The van der Waals surface area contributed by atoms with Gasteiger partial charge in [-0.15, -0.1) is 0 Å². The second-order valence-corrected chi connectivity index (χ2v) is 5.98. The van der Waals surface area contributed by atoms with Crippen LogP contribution in [-0.4, -0.2) is 42.8 Å². The zero-order valence-corrected chi connectivity index (χ0v) is 11.9. The number of piperidine rings is 1. The first-order valence-electron chi connectivity index (χ1n) is 7.30. The maximum Gasteiger partial charge on any atom is 0.0558 e. The highest BCUT2D eigenvalue weighted by molar-refractivity contribution is 5.14. The average molecular weight is 262 g/mol. The molecule has 1 fully saturated rings. The monoisotopic (exact) mass is 262 g/mol. The fourth-order valence-corrected chi connectivity index (χ4v) is 2.93. The van der Waals surface area contributed by atoms with Gasteiger partial charge in [0.25, 0.3) is 0 Å². The highest BCUT2D eigenvalue weighted by Crippen LogP contribution is 2.29. The molecule has 0 spiro atoms. The van der Waals surface area contributed by atoms with Crippen molar-refractivity contribution in [1.29, 1.82) is 0 Å².